The number of benzene rings is 1. The van der Waals surface area contributed by atoms with Gasteiger partial charge in [-0.05, 0) is 26.0 Å². The molecule has 4 N–H and O–H groups in total. The summed E-state index contributed by atoms with van der Waals surface area (Å²) in [5.41, 5.74) is 0.508. The van der Waals surface area contributed by atoms with Crippen LogP contribution >= 0.6 is 11.8 Å². The van der Waals surface area contributed by atoms with Crippen LogP contribution < -0.4 is 16.2 Å². The zero-order valence-corrected chi connectivity index (χ0v) is 17.4. The highest BCUT2D eigenvalue weighted by atomic mass is 32.2. The maximum Gasteiger partial charge on any atom is 0.328 e. The van der Waals surface area contributed by atoms with Gasteiger partial charge in [0.05, 0.1) is 29.3 Å². The minimum atomic E-state index is -1.44. The summed E-state index contributed by atoms with van der Waals surface area (Å²) in [4.78, 5) is 51.5. The van der Waals surface area contributed by atoms with Gasteiger partial charge in [0.2, 0.25) is 11.8 Å². The number of nitrogens with one attached hydrogen (secondary N) is 2. The van der Waals surface area contributed by atoms with Gasteiger partial charge in [-0.1, -0.05) is 12.1 Å². The number of aliphatic hydroxyl groups excluding tert-OH is 1. The Bertz CT molecular complexity index is 991. The Morgan fingerprint density at radius 1 is 1.23 bits per heavy atom. The molecule has 2 amide bonds. The first-order valence-electron chi connectivity index (χ1n) is 9.21. The molecule has 2 aromatic rings. The van der Waals surface area contributed by atoms with E-state index in [1.54, 1.807) is 29.7 Å². The van der Waals surface area contributed by atoms with Gasteiger partial charge in [0.15, 0.2) is 6.04 Å². The molecule has 0 aliphatic rings. The van der Waals surface area contributed by atoms with Crippen molar-refractivity contribution in [2.75, 3.05) is 18.1 Å². The molecule has 0 aliphatic carbocycles. The smallest absolute Gasteiger partial charge is 0.328 e. The van der Waals surface area contributed by atoms with Gasteiger partial charge < -0.3 is 20.8 Å². The van der Waals surface area contributed by atoms with Crippen molar-refractivity contribution in [3.05, 3.63) is 40.4 Å². The largest absolute Gasteiger partial charge is 0.480 e. The molecule has 1 heterocycles. The Kier molecular flexibility index (Phi) is 8.36. The zero-order chi connectivity index (χ0) is 22.3. The Morgan fingerprint density at radius 3 is 2.60 bits per heavy atom. The molecule has 0 fully saturated rings. The maximum atomic E-state index is 12.6. The van der Waals surface area contributed by atoms with E-state index in [-0.39, 0.29) is 11.3 Å². The van der Waals surface area contributed by atoms with Crippen LogP contribution in [0.5, 0.6) is 0 Å². The lowest BCUT2D eigenvalue weighted by atomic mass is 10.2. The van der Waals surface area contributed by atoms with Crippen molar-refractivity contribution in [3.8, 4) is 0 Å². The molecule has 162 valence electrons. The fourth-order valence-corrected chi connectivity index (χ4v) is 3.45. The van der Waals surface area contributed by atoms with Crippen LogP contribution in [0.25, 0.3) is 10.9 Å². The second kappa shape index (κ2) is 10.7. The van der Waals surface area contributed by atoms with Crippen molar-refractivity contribution < 1.29 is 24.6 Å². The third kappa shape index (κ3) is 6.29. The molecule has 0 saturated heterocycles. The Morgan fingerprint density at radius 2 is 1.93 bits per heavy atom. The van der Waals surface area contributed by atoms with Crippen LogP contribution in [0.2, 0.25) is 0 Å². The molecule has 2 unspecified atom stereocenters. The average molecular weight is 436 g/mol. The van der Waals surface area contributed by atoms with E-state index < -0.39 is 36.5 Å². The fourth-order valence-electron chi connectivity index (χ4n) is 2.71. The number of amides is 2. The van der Waals surface area contributed by atoms with E-state index in [0.717, 1.165) is 0 Å². The number of aryl methyl sites for hydroxylation is 1. The molecular weight excluding hydrogens is 412 g/mol. The molecule has 11 heteroatoms. The summed E-state index contributed by atoms with van der Waals surface area (Å²) in [7, 11) is 0. The highest BCUT2D eigenvalue weighted by Gasteiger charge is 2.24. The third-order valence-electron chi connectivity index (χ3n) is 4.26. The van der Waals surface area contributed by atoms with Crippen LogP contribution in [0.4, 0.5) is 0 Å². The molecule has 2 atom stereocenters. The van der Waals surface area contributed by atoms with E-state index >= 15 is 0 Å². The number of rotatable bonds is 10. The number of aliphatic carboxylic acids is 1. The summed E-state index contributed by atoms with van der Waals surface area (Å²) < 4.78 is 1.56. The van der Waals surface area contributed by atoms with E-state index in [0.29, 0.717) is 29.0 Å². The van der Waals surface area contributed by atoms with Gasteiger partial charge in [0.1, 0.15) is 5.82 Å². The van der Waals surface area contributed by atoms with Crippen LogP contribution in [0.3, 0.4) is 0 Å². The van der Waals surface area contributed by atoms with Crippen LogP contribution in [0, 0.1) is 6.92 Å². The van der Waals surface area contributed by atoms with Crippen LogP contribution in [0.15, 0.2) is 29.1 Å². The average Bonchev–Trinajstić information content (AvgIpc) is 2.69. The van der Waals surface area contributed by atoms with E-state index in [1.807, 2.05) is 6.07 Å². The number of thioether (sulfide) groups is 1. The number of para-hydroxylation sites is 1. The third-order valence-corrected chi connectivity index (χ3v) is 5.19. The lowest BCUT2D eigenvalue weighted by Gasteiger charge is -2.17. The highest BCUT2D eigenvalue weighted by Crippen LogP contribution is 2.08. The predicted molar refractivity (Wildman–Crippen MR) is 112 cm³/mol. The number of carboxylic acids is 1. The lowest BCUT2D eigenvalue weighted by molar-refractivity contribution is -0.144. The van der Waals surface area contributed by atoms with Crippen LogP contribution in [-0.4, -0.2) is 67.7 Å². The molecule has 2 rings (SSSR count). The molecule has 0 saturated carbocycles. The van der Waals surface area contributed by atoms with Gasteiger partial charge >= 0.3 is 5.97 Å². The first-order valence-corrected chi connectivity index (χ1v) is 10.4. The van der Waals surface area contributed by atoms with Crippen molar-refractivity contribution in [1.29, 1.82) is 0 Å². The highest BCUT2D eigenvalue weighted by molar-refractivity contribution is 7.99. The SMILES string of the molecule is Cc1nc2ccccc2c(=O)n1CCSCC(=O)NCC(=O)NC(C(=O)O)C(C)O. The first kappa shape index (κ1) is 23.4. The van der Waals surface area contributed by atoms with Gasteiger partial charge in [-0.3, -0.25) is 19.0 Å². The molecule has 0 radical (unpaired) electrons. The molecular formula is C19H24N4O6S. The number of carbonyl (C=O) groups is 3. The summed E-state index contributed by atoms with van der Waals surface area (Å²) in [6.07, 6.45) is -1.27. The number of fused-ring (bicyclic) bond motifs is 1. The van der Waals surface area contributed by atoms with Crippen LogP contribution in [-0.2, 0) is 20.9 Å². The second-order valence-electron chi connectivity index (χ2n) is 6.59. The fraction of sp³-hybridized carbons (Fsp3) is 0.421. The van der Waals surface area contributed by atoms with Gasteiger partial charge in [-0.15, -0.1) is 0 Å². The number of carboxylic acid groups (broad SMARTS) is 1. The van der Waals surface area contributed by atoms with Gasteiger partial charge in [0, 0.05) is 12.3 Å². The quantitative estimate of drug-likeness (QED) is 0.364. The molecule has 0 spiro atoms. The summed E-state index contributed by atoms with van der Waals surface area (Å²) in [6, 6.07) is 5.66. The monoisotopic (exact) mass is 436 g/mol. The number of aromatic nitrogens is 2. The molecule has 1 aromatic carbocycles. The number of hydrogen-bond acceptors (Lipinski definition) is 7. The summed E-state index contributed by atoms with van der Waals surface area (Å²) in [6.45, 7) is 2.98. The van der Waals surface area contributed by atoms with Crippen molar-refractivity contribution in [3.63, 3.8) is 0 Å². The molecule has 0 bridgehead atoms. The summed E-state index contributed by atoms with van der Waals surface area (Å²) in [5.74, 6) is -1.34. The van der Waals surface area contributed by atoms with E-state index in [2.05, 4.69) is 15.6 Å². The molecule has 0 aliphatic heterocycles. The van der Waals surface area contributed by atoms with Crippen molar-refractivity contribution in [2.45, 2.75) is 32.5 Å². The minimum Gasteiger partial charge on any atom is -0.480 e. The first-order chi connectivity index (χ1) is 14.2. The number of carbonyl (C=O) groups excluding carboxylic acids is 2. The Balaban J connectivity index is 1.78. The summed E-state index contributed by atoms with van der Waals surface area (Å²) >= 11 is 1.29. The van der Waals surface area contributed by atoms with E-state index in [9.17, 15) is 24.3 Å². The number of hydrogen-bond donors (Lipinski definition) is 4. The Hall–Kier alpha value is -2.92. The van der Waals surface area contributed by atoms with E-state index in [4.69, 9.17) is 5.11 Å². The molecule has 10 nitrogen and oxygen atoms in total. The lowest BCUT2D eigenvalue weighted by Crippen LogP contribution is -2.50. The van der Waals surface area contributed by atoms with E-state index in [1.165, 1.54) is 18.7 Å². The van der Waals surface area contributed by atoms with Crippen molar-refractivity contribution >= 4 is 40.4 Å². The molecule has 30 heavy (non-hydrogen) atoms. The van der Waals surface area contributed by atoms with Gasteiger partial charge in [0.25, 0.3) is 5.56 Å². The van der Waals surface area contributed by atoms with Crippen molar-refractivity contribution in [2.24, 2.45) is 0 Å². The topological polar surface area (TPSA) is 151 Å². The molecule has 1 aromatic heterocycles. The second-order valence-corrected chi connectivity index (χ2v) is 7.69. The van der Waals surface area contributed by atoms with Gasteiger partial charge in [-0.25, -0.2) is 9.78 Å². The number of aliphatic hydroxyl groups is 1. The predicted octanol–water partition coefficient (Wildman–Crippen LogP) is -0.495. The number of nitrogens with zero attached hydrogens (tertiary/aromatic N) is 2. The zero-order valence-electron chi connectivity index (χ0n) is 16.6. The normalized spacial score (nSPS) is 12.9. The van der Waals surface area contributed by atoms with Crippen LogP contribution in [0.1, 0.15) is 12.7 Å². The minimum absolute atomic E-state index is 0.0703. The van der Waals surface area contributed by atoms with Gasteiger partial charge in [-0.2, -0.15) is 11.8 Å². The van der Waals surface area contributed by atoms with Crippen molar-refractivity contribution in [1.82, 2.24) is 20.2 Å². The summed E-state index contributed by atoms with van der Waals surface area (Å²) in [5, 5.41) is 23.3. The standard InChI is InChI=1S/C19H24N4O6S/c1-11(24)17(19(28)29)22-15(25)9-20-16(26)10-30-8-7-23-12(2)21-14-6-4-3-5-13(14)18(23)27/h3-6,11,17,24H,7-10H2,1-2H3,(H,20,26)(H,22,25)(H,28,29). The Labute approximate surface area is 176 Å². The maximum absolute atomic E-state index is 12.6.